The molecule has 4 heterocycles. The van der Waals surface area contributed by atoms with Crippen LogP contribution in [-0.4, -0.2) is 16.6 Å². The van der Waals surface area contributed by atoms with E-state index < -0.39 is 0 Å². The fourth-order valence-electron chi connectivity index (χ4n) is 5.80. The molecule has 3 nitrogen and oxygen atoms in total. The molecule has 3 aromatic rings. The fraction of sp³-hybridized carbons (Fsp3) is 0.320. The Kier molecular flexibility index (Phi) is 3.60. The number of fused-ring (bicyclic) bond motifs is 4. The first-order valence-electron chi connectivity index (χ1n) is 10.4. The summed E-state index contributed by atoms with van der Waals surface area (Å²) in [6.07, 6.45) is 10.2. The zero-order valence-electron chi connectivity index (χ0n) is 15.9. The van der Waals surface area contributed by atoms with Gasteiger partial charge in [0, 0.05) is 46.6 Å². The third kappa shape index (κ3) is 2.36. The lowest BCUT2D eigenvalue weighted by atomic mass is 9.68. The quantitative estimate of drug-likeness (QED) is 0.634. The molecule has 2 saturated heterocycles. The van der Waals surface area contributed by atoms with Gasteiger partial charge in [-0.1, -0.05) is 42.8 Å². The van der Waals surface area contributed by atoms with Crippen molar-refractivity contribution in [3.8, 4) is 22.6 Å². The molecule has 28 heavy (non-hydrogen) atoms. The Hall–Kier alpha value is -2.65. The van der Waals surface area contributed by atoms with Crippen molar-refractivity contribution in [2.45, 2.75) is 49.6 Å². The van der Waals surface area contributed by atoms with E-state index in [0.717, 1.165) is 17.1 Å². The van der Waals surface area contributed by atoms with Crippen molar-refractivity contribution in [3.63, 3.8) is 0 Å². The van der Waals surface area contributed by atoms with E-state index in [1.807, 2.05) is 18.5 Å². The van der Waals surface area contributed by atoms with Crippen LogP contribution in [0.1, 0.15) is 49.1 Å². The van der Waals surface area contributed by atoms with E-state index in [2.05, 4.69) is 58.8 Å². The number of ether oxygens (including phenoxy) is 1. The fourth-order valence-corrected chi connectivity index (χ4v) is 5.80. The predicted octanol–water partition coefficient (Wildman–Crippen LogP) is 5.66. The predicted molar refractivity (Wildman–Crippen MR) is 111 cm³/mol. The number of pyridine rings is 1. The minimum atomic E-state index is 0.121. The first-order chi connectivity index (χ1) is 13.8. The molecule has 0 spiro atoms. The minimum absolute atomic E-state index is 0.121. The Morgan fingerprint density at radius 1 is 0.929 bits per heavy atom. The Balaban J connectivity index is 1.61. The van der Waals surface area contributed by atoms with Gasteiger partial charge in [-0.15, -0.1) is 0 Å². The zero-order valence-corrected chi connectivity index (χ0v) is 15.9. The zero-order chi connectivity index (χ0) is 18.6. The van der Waals surface area contributed by atoms with Crippen LogP contribution >= 0.6 is 0 Å². The molecule has 3 atom stereocenters. The van der Waals surface area contributed by atoms with Gasteiger partial charge in [0.2, 0.25) is 0 Å². The first-order valence-corrected chi connectivity index (χ1v) is 10.4. The van der Waals surface area contributed by atoms with Crippen LogP contribution in [0.15, 0.2) is 67.0 Å². The van der Waals surface area contributed by atoms with Gasteiger partial charge in [-0.2, -0.15) is 0 Å². The largest absolute Gasteiger partial charge is 0.457 e. The Morgan fingerprint density at radius 3 is 2.79 bits per heavy atom. The lowest BCUT2D eigenvalue weighted by molar-refractivity contribution is 0.238. The third-order valence-corrected chi connectivity index (χ3v) is 6.94. The molecule has 0 radical (unpaired) electrons. The van der Waals surface area contributed by atoms with Gasteiger partial charge in [-0.3, -0.25) is 4.98 Å². The van der Waals surface area contributed by atoms with Crippen LogP contribution in [0.25, 0.3) is 11.1 Å². The van der Waals surface area contributed by atoms with Gasteiger partial charge in [-0.25, -0.2) is 0 Å². The van der Waals surface area contributed by atoms with E-state index in [0.29, 0.717) is 12.0 Å². The van der Waals surface area contributed by atoms with Crippen molar-refractivity contribution < 1.29 is 4.74 Å². The number of nitrogens with zero attached hydrogens (tertiary/aromatic N) is 1. The summed E-state index contributed by atoms with van der Waals surface area (Å²) in [5.74, 6) is 2.30. The lowest BCUT2D eigenvalue weighted by Crippen LogP contribution is -2.51. The van der Waals surface area contributed by atoms with Crippen molar-refractivity contribution in [2.75, 3.05) is 0 Å². The van der Waals surface area contributed by atoms with Gasteiger partial charge in [0.1, 0.15) is 11.5 Å². The smallest absolute Gasteiger partial charge is 0.131 e. The lowest BCUT2D eigenvalue weighted by Gasteiger charge is -2.45. The minimum Gasteiger partial charge on any atom is -0.457 e. The Morgan fingerprint density at radius 2 is 1.86 bits per heavy atom. The molecule has 3 aliphatic rings. The summed E-state index contributed by atoms with van der Waals surface area (Å²) in [4.78, 5) is 4.38. The molecule has 2 aromatic carbocycles. The van der Waals surface area contributed by atoms with E-state index in [1.54, 1.807) is 0 Å². The summed E-state index contributed by atoms with van der Waals surface area (Å²) in [5.41, 5.74) is 5.17. The summed E-state index contributed by atoms with van der Waals surface area (Å²) in [6, 6.07) is 19.9. The normalized spacial score (nSPS) is 27.6. The standard InChI is InChI=1S/C25H24N2O/c1-2-10-21-20(8-1)24(25-13-4-7-18(27-25)12-14-25)23-19(9-3-11-22(23)28-21)17-6-5-15-26-16-17/h1-3,5-6,8-11,15-16,18,24,27H,4,7,12-14H2/t18-,24?,25-/m0/s1. The molecular formula is C25H24N2O. The number of benzene rings is 2. The Bertz CT molecular complexity index is 1030. The van der Waals surface area contributed by atoms with E-state index in [9.17, 15) is 0 Å². The summed E-state index contributed by atoms with van der Waals surface area (Å²) in [6.45, 7) is 0. The van der Waals surface area contributed by atoms with E-state index in [1.165, 1.54) is 48.8 Å². The summed E-state index contributed by atoms with van der Waals surface area (Å²) in [7, 11) is 0. The average molecular weight is 368 g/mol. The second-order valence-corrected chi connectivity index (χ2v) is 8.46. The van der Waals surface area contributed by atoms with Crippen LogP contribution < -0.4 is 10.1 Å². The maximum absolute atomic E-state index is 6.42. The number of piperidine rings is 1. The molecule has 1 aromatic heterocycles. The van der Waals surface area contributed by atoms with Gasteiger partial charge in [0.15, 0.2) is 0 Å². The van der Waals surface area contributed by atoms with Crippen LogP contribution in [0.5, 0.6) is 11.5 Å². The van der Waals surface area contributed by atoms with Gasteiger partial charge >= 0.3 is 0 Å². The molecule has 140 valence electrons. The van der Waals surface area contributed by atoms with E-state index in [4.69, 9.17) is 4.74 Å². The molecule has 6 rings (SSSR count). The van der Waals surface area contributed by atoms with E-state index in [-0.39, 0.29) is 5.54 Å². The van der Waals surface area contributed by atoms with Crippen LogP contribution in [0.4, 0.5) is 0 Å². The number of hydrogen-bond donors (Lipinski definition) is 1. The van der Waals surface area contributed by atoms with Gasteiger partial charge in [0.25, 0.3) is 0 Å². The maximum Gasteiger partial charge on any atom is 0.131 e. The number of nitrogens with one attached hydrogen (secondary N) is 1. The molecule has 0 saturated carbocycles. The van der Waals surface area contributed by atoms with Gasteiger partial charge in [-0.05, 0) is 49.4 Å². The first kappa shape index (κ1) is 16.3. The van der Waals surface area contributed by atoms with Crippen molar-refractivity contribution in [3.05, 3.63) is 78.1 Å². The molecule has 2 bridgehead atoms. The second kappa shape index (κ2) is 6.18. The number of para-hydroxylation sites is 1. The van der Waals surface area contributed by atoms with Crippen LogP contribution in [-0.2, 0) is 0 Å². The molecule has 0 aliphatic carbocycles. The van der Waals surface area contributed by atoms with E-state index >= 15 is 0 Å². The summed E-state index contributed by atoms with van der Waals surface area (Å²) >= 11 is 0. The highest BCUT2D eigenvalue weighted by molar-refractivity contribution is 5.74. The average Bonchev–Trinajstić information content (AvgIpc) is 3.06. The molecule has 1 N–H and O–H groups in total. The van der Waals surface area contributed by atoms with Crippen molar-refractivity contribution in [1.29, 1.82) is 0 Å². The SMILES string of the molecule is c1cncc(-c2cccc3c2C([C@]24CCC[C@@H](CC2)N4)c2ccccc2O3)c1. The van der Waals surface area contributed by atoms with Crippen molar-refractivity contribution in [2.24, 2.45) is 0 Å². The highest BCUT2D eigenvalue weighted by atomic mass is 16.5. The monoisotopic (exact) mass is 368 g/mol. The third-order valence-electron chi connectivity index (χ3n) is 6.94. The van der Waals surface area contributed by atoms with Gasteiger partial charge in [0.05, 0.1) is 0 Å². The number of rotatable bonds is 2. The molecule has 3 aliphatic heterocycles. The number of hydrogen-bond acceptors (Lipinski definition) is 3. The molecule has 1 unspecified atom stereocenters. The highest BCUT2D eigenvalue weighted by Crippen LogP contribution is 2.56. The van der Waals surface area contributed by atoms with Crippen LogP contribution in [0.3, 0.4) is 0 Å². The van der Waals surface area contributed by atoms with Gasteiger partial charge < -0.3 is 10.1 Å². The van der Waals surface area contributed by atoms with Crippen LogP contribution in [0, 0.1) is 0 Å². The molecule has 0 amide bonds. The molecule has 2 fully saturated rings. The summed E-state index contributed by atoms with van der Waals surface area (Å²) in [5, 5.41) is 4.06. The van der Waals surface area contributed by atoms with Crippen molar-refractivity contribution >= 4 is 0 Å². The Labute approximate surface area is 165 Å². The van der Waals surface area contributed by atoms with Crippen LogP contribution in [0.2, 0.25) is 0 Å². The second-order valence-electron chi connectivity index (χ2n) is 8.46. The van der Waals surface area contributed by atoms with Crippen molar-refractivity contribution in [1.82, 2.24) is 10.3 Å². The topological polar surface area (TPSA) is 34.2 Å². The maximum atomic E-state index is 6.42. The summed E-state index contributed by atoms with van der Waals surface area (Å²) < 4.78 is 6.42. The molecule has 3 heteroatoms. The number of aromatic nitrogens is 1. The highest BCUT2D eigenvalue weighted by Gasteiger charge is 2.51. The molecular weight excluding hydrogens is 344 g/mol.